The van der Waals surface area contributed by atoms with E-state index in [1.807, 2.05) is 43.4 Å². The first-order chi connectivity index (χ1) is 10.7. The molecule has 0 saturated carbocycles. The number of carbonyl (C=O) groups excluding carboxylic acids is 1. The molecule has 1 aromatic carbocycles. The van der Waals surface area contributed by atoms with E-state index in [1.54, 1.807) is 6.20 Å². The van der Waals surface area contributed by atoms with Crippen molar-refractivity contribution in [1.29, 1.82) is 0 Å². The molecule has 1 amide bonds. The maximum absolute atomic E-state index is 12.4. The lowest BCUT2D eigenvalue weighted by Crippen LogP contribution is -2.22. The van der Waals surface area contributed by atoms with E-state index >= 15 is 0 Å². The van der Waals surface area contributed by atoms with Gasteiger partial charge in [0.15, 0.2) is 0 Å². The molecule has 0 aliphatic heterocycles. The summed E-state index contributed by atoms with van der Waals surface area (Å²) in [5, 5.41) is 6.78. The van der Waals surface area contributed by atoms with Crippen molar-refractivity contribution in [3.05, 3.63) is 53.0 Å². The number of nitrogens with one attached hydrogen (secondary N) is 2. The van der Waals surface area contributed by atoms with Crippen molar-refractivity contribution < 1.29 is 4.79 Å². The lowest BCUT2D eigenvalue weighted by molar-refractivity contribution is 0.0956. The Morgan fingerprint density at radius 2 is 2.05 bits per heavy atom. The van der Waals surface area contributed by atoms with Gasteiger partial charge in [-0.25, -0.2) is 4.98 Å². The number of hydrogen-bond donors (Lipinski definition) is 3. The molecule has 5 nitrogen and oxygen atoms in total. The molecule has 0 unspecified atom stereocenters. The third-order valence-corrected chi connectivity index (χ3v) is 4.51. The maximum Gasteiger partial charge on any atom is 0.263 e. The van der Waals surface area contributed by atoms with Crippen molar-refractivity contribution in [3.63, 3.8) is 0 Å². The van der Waals surface area contributed by atoms with Crippen molar-refractivity contribution in [1.82, 2.24) is 10.3 Å². The number of nitrogens with zero attached hydrogens (tertiary/aromatic N) is 1. The molecule has 6 heteroatoms. The van der Waals surface area contributed by atoms with Gasteiger partial charge in [-0.3, -0.25) is 4.79 Å². The van der Waals surface area contributed by atoms with Gasteiger partial charge in [0.05, 0.1) is 11.1 Å². The second kappa shape index (κ2) is 6.03. The van der Waals surface area contributed by atoms with Gasteiger partial charge in [-0.05, 0) is 11.6 Å². The smallest absolute Gasteiger partial charge is 0.263 e. The molecular formula is C16H16N4OS. The number of aromatic nitrogens is 1. The molecule has 0 fully saturated rings. The van der Waals surface area contributed by atoms with Crippen LogP contribution in [-0.4, -0.2) is 17.9 Å². The van der Waals surface area contributed by atoms with E-state index in [9.17, 15) is 4.79 Å². The Kier molecular flexibility index (Phi) is 3.93. The summed E-state index contributed by atoms with van der Waals surface area (Å²) in [5.41, 5.74) is 8.55. The van der Waals surface area contributed by atoms with Gasteiger partial charge in [-0.15, -0.1) is 11.3 Å². The van der Waals surface area contributed by atoms with Crippen molar-refractivity contribution in [2.24, 2.45) is 0 Å². The number of thiophene rings is 1. The third-order valence-electron chi connectivity index (χ3n) is 3.40. The molecule has 2 heterocycles. The van der Waals surface area contributed by atoms with E-state index in [0.29, 0.717) is 17.1 Å². The van der Waals surface area contributed by atoms with E-state index in [2.05, 4.69) is 15.6 Å². The summed E-state index contributed by atoms with van der Waals surface area (Å²) in [6, 6.07) is 11.6. The summed E-state index contributed by atoms with van der Waals surface area (Å²) in [5.74, 6) is -0.175. The molecule has 22 heavy (non-hydrogen) atoms. The Bertz CT molecular complexity index is 814. The minimum Gasteiger partial charge on any atom is -0.397 e. The quantitative estimate of drug-likeness (QED) is 0.692. The summed E-state index contributed by atoms with van der Waals surface area (Å²) >= 11 is 1.31. The highest BCUT2D eigenvalue weighted by molar-refractivity contribution is 7.21. The summed E-state index contributed by atoms with van der Waals surface area (Å²) in [6.45, 7) is 0.472. The van der Waals surface area contributed by atoms with Gasteiger partial charge in [0.25, 0.3) is 5.91 Å². The van der Waals surface area contributed by atoms with E-state index in [-0.39, 0.29) is 5.91 Å². The molecule has 112 valence electrons. The Morgan fingerprint density at radius 1 is 1.27 bits per heavy atom. The minimum atomic E-state index is -0.175. The zero-order chi connectivity index (χ0) is 15.5. The van der Waals surface area contributed by atoms with Gasteiger partial charge in [-0.1, -0.05) is 30.3 Å². The first-order valence-electron chi connectivity index (χ1n) is 6.87. The normalized spacial score (nSPS) is 10.6. The number of rotatable bonds is 4. The van der Waals surface area contributed by atoms with Gasteiger partial charge in [0.1, 0.15) is 9.71 Å². The van der Waals surface area contributed by atoms with Crippen LogP contribution in [0.5, 0.6) is 0 Å². The van der Waals surface area contributed by atoms with Crippen LogP contribution >= 0.6 is 11.3 Å². The monoisotopic (exact) mass is 312 g/mol. The van der Waals surface area contributed by atoms with Crippen LogP contribution in [-0.2, 0) is 6.54 Å². The summed E-state index contributed by atoms with van der Waals surface area (Å²) in [4.78, 5) is 17.9. The molecule has 0 atom stereocenters. The molecule has 4 N–H and O–H groups in total. The lowest BCUT2D eigenvalue weighted by Gasteiger charge is -2.05. The van der Waals surface area contributed by atoms with E-state index in [0.717, 1.165) is 21.5 Å². The number of fused-ring (bicyclic) bond motifs is 1. The van der Waals surface area contributed by atoms with Crippen LogP contribution in [0.25, 0.3) is 10.2 Å². The predicted octanol–water partition coefficient (Wildman–Crippen LogP) is 2.85. The van der Waals surface area contributed by atoms with Crippen molar-refractivity contribution in [3.8, 4) is 0 Å². The molecule has 0 aliphatic carbocycles. The van der Waals surface area contributed by atoms with Gasteiger partial charge in [0, 0.05) is 25.5 Å². The number of anilines is 2. The Labute approximate surface area is 132 Å². The highest BCUT2D eigenvalue weighted by Gasteiger charge is 2.18. The first kappa shape index (κ1) is 14.3. The largest absolute Gasteiger partial charge is 0.397 e. The Hall–Kier alpha value is -2.60. The lowest BCUT2D eigenvalue weighted by atomic mass is 10.2. The Balaban J connectivity index is 1.87. The second-order valence-corrected chi connectivity index (χ2v) is 5.80. The fraction of sp³-hybridized carbons (Fsp3) is 0.125. The highest BCUT2D eigenvalue weighted by atomic mass is 32.1. The summed E-state index contributed by atoms with van der Waals surface area (Å²) in [6.07, 6.45) is 1.70. The highest BCUT2D eigenvalue weighted by Crippen LogP contribution is 2.36. The van der Waals surface area contributed by atoms with Crippen LogP contribution in [0.4, 0.5) is 11.4 Å². The second-order valence-electron chi connectivity index (χ2n) is 4.80. The zero-order valence-electron chi connectivity index (χ0n) is 12.1. The number of amides is 1. The molecule has 0 saturated heterocycles. The van der Waals surface area contributed by atoms with Crippen molar-refractivity contribution in [2.75, 3.05) is 18.1 Å². The van der Waals surface area contributed by atoms with Crippen molar-refractivity contribution in [2.45, 2.75) is 6.54 Å². The zero-order valence-corrected chi connectivity index (χ0v) is 12.9. The van der Waals surface area contributed by atoms with Gasteiger partial charge < -0.3 is 16.4 Å². The number of nitrogens with two attached hydrogens (primary N) is 1. The fourth-order valence-corrected chi connectivity index (χ4v) is 3.29. The molecule has 0 radical (unpaired) electrons. The average Bonchev–Trinajstić information content (AvgIpc) is 2.91. The van der Waals surface area contributed by atoms with Crippen LogP contribution in [0.15, 0.2) is 42.6 Å². The maximum atomic E-state index is 12.4. The topological polar surface area (TPSA) is 80.0 Å². The number of nitrogen functional groups attached to an aromatic ring is 1. The van der Waals surface area contributed by atoms with Crippen LogP contribution in [0.2, 0.25) is 0 Å². The summed E-state index contributed by atoms with van der Waals surface area (Å²) < 4.78 is 0. The summed E-state index contributed by atoms with van der Waals surface area (Å²) in [7, 11) is 1.82. The molecule has 3 aromatic rings. The first-order valence-corrected chi connectivity index (χ1v) is 7.69. The van der Waals surface area contributed by atoms with Crippen LogP contribution in [0.1, 0.15) is 15.2 Å². The van der Waals surface area contributed by atoms with Crippen molar-refractivity contribution >= 4 is 38.8 Å². The van der Waals surface area contributed by atoms with E-state index in [1.165, 1.54) is 11.3 Å². The molecule has 0 bridgehead atoms. The standard InChI is InChI=1S/C16H16N4OS/c1-18-11-7-8-19-16-12(11)13(17)14(22-16)15(21)20-9-10-5-3-2-4-6-10/h2-8H,9,17H2,1H3,(H,18,19)(H,20,21). The predicted molar refractivity (Wildman–Crippen MR) is 91.2 cm³/mol. The number of carbonyl (C=O) groups is 1. The van der Waals surface area contributed by atoms with Crippen LogP contribution in [0.3, 0.4) is 0 Å². The Morgan fingerprint density at radius 3 is 2.77 bits per heavy atom. The van der Waals surface area contributed by atoms with Gasteiger partial charge >= 0.3 is 0 Å². The van der Waals surface area contributed by atoms with Crippen LogP contribution in [0, 0.1) is 0 Å². The molecule has 3 rings (SSSR count). The van der Waals surface area contributed by atoms with Crippen LogP contribution < -0.4 is 16.4 Å². The van der Waals surface area contributed by atoms with Gasteiger partial charge in [-0.2, -0.15) is 0 Å². The SMILES string of the molecule is CNc1ccnc2sc(C(=O)NCc3ccccc3)c(N)c12. The van der Waals surface area contributed by atoms with E-state index in [4.69, 9.17) is 5.73 Å². The fourth-order valence-electron chi connectivity index (χ4n) is 2.28. The number of pyridine rings is 1. The number of hydrogen-bond acceptors (Lipinski definition) is 5. The third kappa shape index (κ3) is 2.60. The average molecular weight is 312 g/mol. The molecule has 2 aromatic heterocycles. The van der Waals surface area contributed by atoms with Gasteiger partial charge in [0.2, 0.25) is 0 Å². The molecule has 0 spiro atoms. The minimum absolute atomic E-state index is 0.175. The van der Waals surface area contributed by atoms with E-state index < -0.39 is 0 Å². The number of benzene rings is 1. The molecule has 0 aliphatic rings. The molecular weight excluding hydrogens is 296 g/mol.